The summed E-state index contributed by atoms with van der Waals surface area (Å²) in [5.74, 6) is -1.45. The van der Waals surface area contributed by atoms with Crippen LogP contribution in [0.1, 0.15) is 0 Å². The van der Waals surface area contributed by atoms with Crippen LogP contribution in [0, 0.1) is 5.82 Å². The Morgan fingerprint density at radius 1 is 1.38 bits per heavy atom. The molecule has 2 aromatic heterocycles. The van der Waals surface area contributed by atoms with Gasteiger partial charge >= 0.3 is 5.76 Å². The van der Waals surface area contributed by atoms with Crippen LogP contribution in [0.5, 0.6) is 0 Å². The van der Waals surface area contributed by atoms with Gasteiger partial charge in [-0.25, -0.2) is 23.9 Å². The van der Waals surface area contributed by atoms with Gasteiger partial charge in [0.15, 0.2) is 0 Å². The second-order valence-electron chi connectivity index (χ2n) is 4.41. The van der Waals surface area contributed by atoms with E-state index in [-0.39, 0.29) is 41.2 Å². The van der Waals surface area contributed by atoms with Crippen molar-refractivity contribution in [2.75, 3.05) is 18.6 Å². The molecule has 24 heavy (non-hydrogen) atoms. The molecule has 10 nitrogen and oxygen atoms in total. The summed E-state index contributed by atoms with van der Waals surface area (Å²) >= 11 is 5.74. The summed E-state index contributed by atoms with van der Waals surface area (Å²) < 4.78 is 23.6. The highest BCUT2D eigenvalue weighted by Crippen LogP contribution is 2.25. The molecule has 0 aliphatic heterocycles. The summed E-state index contributed by atoms with van der Waals surface area (Å²) in [7, 11) is 0. The first-order valence-electron chi connectivity index (χ1n) is 6.56. The van der Waals surface area contributed by atoms with Crippen LogP contribution in [0.4, 0.5) is 10.2 Å². The van der Waals surface area contributed by atoms with Crippen molar-refractivity contribution in [3.63, 3.8) is 0 Å². The molecule has 126 valence electrons. The summed E-state index contributed by atoms with van der Waals surface area (Å²) in [6, 6.07) is 3.67. The van der Waals surface area contributed by atoms with Crippen molar-refractivity contribution < 1.29 is 18.4 Å². The fraction of sp³-hybridized carbons (Fsp3) is 0.167. The largest absolute Gasteiger partial charge is 0.446 e. The molecule has 3 aromatic rings. The molecule has 0 aliphatic rings. The van der Waals surface area contributed by atoms with E-state index in [1.54, 1.807) is 0 Å². The normalized spacial score (nSPS) is 11.0. The number of nitrogens with one attached hydrogen (secondary N) is 1. The molecule has 3 rings (SSSR count). The molecule has 0 bridgehead atoms. The number of halogens is 2. The number of anilines is 1. The number of benzene rings is 1. The Morgan fingerprint density at radius 2 is 2.21 bits per heavy atom. The molecular weight excluding hydrogens is 347 g/mol. The van der Waals surface area contributed by atoms with E-state index in [0.29, 0.717) is 0 Å². The minimum atomic E-state index is -0.829. The first-order valence-corrected chi connectivity index (χ1v) is 6.94. The molecular formula is C12H10ClFN6O4. The van der Waals surface area contributed by atoms with Gasteiger partial charge in [0.25, 0.3) is 0 Å². The van der Waals surface area contributed by atoms with Crippen LogP contribution < -0.4 is 17.0 Å². The summed E-state index contributed by atoms with van der Waals surface area (Å²) in [6.45, 7) is 0.474. The number of aromatic nitrogens is 4. The van der Waals surface area contributed by atoms with Gasteiger partial charge in [0.05, 0.1) is 17.3 Å². The van der Waals surface area contributed by atoms with Gasteiger partial charge in [-0.05, 0) is 28.5 Å². The maximum atomic E-state index is 13.3. The Balaban J connectivity index is 2.04. The Labute approximate surface area is 137 Å². The summed E-state index contributed by atoms with van der Waals surface area (Å²) in [5, 5.41) is 10.7. The van der Waals surface area contributed by atoms with E-state index < -0.39 is 11.6 Å². The van der Waals surface area contributed by atoms with Gasteiger partial charge < -0.3 is 5.73 Å². The molecule has 0 saturated heterocycles. The van der Waals surface area contributed by atoms with Crippen LogP contribution in [-0.4, -0.2) is 33.2 Å². The predicted octanol–water partition coefficient (Wildman–Crippen LogP) is 0.970. The van der Waals surface area contributed by atoms with Crippen LogP contribution in [0.3, 0.4) is 0 Å². The Hall–Kier alpha value is -2.76. The standard InChI is InChI=1S/C12H10ClFN6O4/c13-7-5-6(1-2-8(7)14)20-11(19-23-12(20)21)9-10(18-24-16-9)17-22-4-3-15/h1-2,5H,3-4,15H2,(H,17,18). The fourth-order valence-electron chi connectivity index (χ4n) is 1.83. The summed E-state index contributed by atoms with van der Waals surface area (Å²) in [5.41, 5.74) is 8.04. The second-order valence-corrected chi connectivity index (χ2v) is 4.81. The highest BCUT2D eigenvalue weighted by atomic mass is 35.5. The third-order valence-electron chi connectivity index (χ3n) is 2.86. The van der Waals surface area contributed by atoms with E-state index in [9.17, 15) is 9.18 Å². The van der Waals surface area contributed by atoms with Gasteiger partial charge in [0.2, 0.25) is 17.3 Å². The predicted molar refractivity (Wildman–Crippen MR) is 79.0 cm³/mol. The number of hydrogen-bond donors (Lipinski definition) is 2. The number of rotatable bonds is 6. The molecule has 0 saturated carbocycles. The molecule has 0 unspecified atom stereocenters. The van der Waals surface area contributed by atoms with Crippen LogP contribution in [0.2, 0.25) is 5.02 Å². The lowest BCUT2D eigenvalue weighted by molar-refractivity contribution is 0.198. The lowest BCUT2D eigenvalue weighted by atomic mass is 10.3. The maximum Gasteiger partial charge on any atom is 0.446 e. The van der Waals surface area contributed by atoms with Gasteiger partial charge in [0, 0.05) is 6.54 Å². The molecule has 0 fully saturated rings. The van der Waals surface area contributed by atoms with Crippen molar-refractivity contribution in [2.45, 2.75) is 0 Å². The molecule has 0 atom stereocenters. The monoisotopic (exact) mass is 356 g/mol. The molecule has 0 spiro atoms. The highest BCUT2D eigenvalue weighted by Gasteiger charge is 2.23. The smallest absolute Gasteiger partial charge is 0.328 e. The van der Waals surface area contributed by atoms with E-state index in [2.05, 4.69) is 30.1 Å². The van der Waals surface area contributed by atoms with Crippen LogP contribution in [0.15, 0.2) is 32.1 Å². The minimum Gasteiger partial charge on any atom is -0.328 e. The molecule has 0 radical (unpaired) electrons. The van der Waals surface area contributed by atoms with Gasteiger partial charge in [-0.1, -0.05) is 16.8 Å². The van der Waals surface area contributed by atoms with Gasteiger partial charge in [0.1, 0.15) is 5.82 Å². The minimum absolute atomic E-state index is 0.0391. The summed E-state index contributed by atoms with van der Waals surface area (Å²) in [4.78, 5) is 17.0. The van der Waals surface area contributed by atoms with Crippen molar-refractivity contribution in [3.05, 3.63) is 39.6 Å². The number of nitrogens with two attached hydrogens (primary N) is 1. The van der Waals surface area contributed by atoms with Crippen molar-refractivity contribution >= 4 is 17.4 Å². The van der Waals surface area contributed by atoms with E-state index in [4.69, 9.17) is 22.2 Å². The number of nitrogens with zero attached hydrogens (tertiary/aromatic N) is 4. The second kappa shape index (κ2) is 6.78. The topological polar surface area (TPSA) is 134 Å². The van der Waals surface area contributed by atoms with Gasteiger partial charge in [-0.15, -0.1) is 0 Å². The van der Waals surface area contributed by atoms with Gasteiger partial charge in [-0.2, -0.15) is 0 Å². The quantitative estimate of drug-likeness (QED) is 0.489. The first kappa shape index (κ1) is 16.1. The molecule has 12 heteroatoms. The Morgan fingerprint density at radius 3 is 2.96 bits per heavy atom. The third-order valence-corrected chi connectivity index (χ3v) is 3.14. The molecule has 1 aromatic carbocycles. The zero-order chi connectivity index (χ0) is 17.1. The molecule has 0 amide bonds. The fourth-order valence-corrected chi connectivity index (χ4v) is 2.01. The van der Waals surface area contributed by atoms with Gasteiger partial charge in [-0.3, -0.25) is 9.36 Å². The molecule has 0 aliphatic carbocycles. The summed E-state index contributed by atoms with van der Waals surface area (Å²) in [6.07, 6.45) is 0. The zero-order valence-electron chi connectivity index (χ0n) is 11.9. The lowest BCUT2D eigenvalue weighted by Gasteiger charge is -2.05. The molecule has 3 N–H and O–H groups in total. The highest BCUT2D eigenvalue weighted by molar-refractivity contribution is 6.30. The van der Waals surface area contributed by atoms with Crippen LogP contribution >= 0.6 is 11.6 Å². The zero-order valence-corrected chi connectivity index (χ0v) is 12.7. The lowest BCUT2D eigenvalue weighted by Crippen LogP contribution is -2.15. The van der Waals surface area contributed by atoms with E-state index in [1.165, 1.54) is 12.1 Å². The van der Waals surface area contributed by atoms with Crippen molar-refractivity contribution in [2.24, 2.45) is 5.73 Å². The van der Waals surface area contributed by atoms with E-state index in [0.717, 1.165) is 10.6 Å². The van der Waals surface area contributed by atoms with Crippen molar-refractivity contribution in [1.82, 2.24) is 20.0 Å². The SMILES string of the molecule is NCCONc1nonc1-c1noc(=O)n1-c1ccc(F)c(Cl)c1. The maximum absolute atomic E-state index is 13.3. The first-order chi connectivity index (χ1) is 11.6. The van der Waals surface area contributed by atoms with E-state index >= 15 is 0 Å². The average molecular weight is 357 g/mol. The van der Waals surface area contributed by atoms with Crippen LogP contribution in [-0.2, 0) is 4.84 Å². The third kappa shape index (κ3) is 2.99. The molecule has 2 heterocycles. The van der Waals surface area contributed by atoms with Crippen molar-refractivity contribution in [1.29, 1.82) is 0 Å². The van der Waals surface area contributed by atoms with E-state index in [1.807, 2.05) is 0 Å². The average Bonchev–Trinajstić information content (AvgIpc) is 3.17. The number of hydrogen-bond acceptors (Lipinski definition) is 9. The van der Waals surface area contributed by atoms with Crippen LogP contribution in [0.25, 0.3) is 17.2 Å². The van der Waals surface area contributed by atoms with Crippen molar-refractivity contribution in [3.8, 4) is 17.2 Å². The Kier molecular flexibility index (Phi) is 4.55. The Bertz CT molecular complexity index is 907.